The van der Waals surface area contributed by atoms with Crippen LogP contribution in [0.3, 0.4) is 0 Å². The fraction of sp³-hybridized carbons (Fsp3) is 0.579. The summed E-state index contributed by atoms with van der Waals surface area (Å²) in [7, 11) is 0. The molecule has 24 heavy (non-hydrogen) atoms. The zero-order chi connectivity index (χ0) is 18.1. The number of hydrogen-bond acceptors (Lipinski definition) is 3. The Morgan fingerprint density at radius 3 is 2.29 bits per heavy atom. The average Bonchev–Trinajstić information content (AvgIpc) is 2.52. The highest BCUT2D eigenvalue weighted by molar-refractivity contribution is 5.73. The molecule has 2 unspecified atom stereocenters. The van der Waals surface area contributed by atoms with Crippen molar-refractivity contribution in [2.24, 2.45) is 5.92 Å². The van der Waals surface area contributed by atoms with Gasteiger partial charge in [-0.05, 0) is 30.7 Å². The van der Waals surface area contributed by atoms with E-state index in [1.54, 1.807) is 6.92 Å². The number of amides is 1. The van der Waals surface area contributed by atoms with Gasteiger partial charge in [0.2, 0.25) is 5.91 Å². The average molecular weight is 334 g/mol. The second kappa shape index (κ2) is 10.1. The molecule has 0 heterocycles. The zero-order valence-electron chi connectivity index (χ0n) is 15.2. The largest absolute Gasteiger partial charge is 0.480 e. The highest BCUT2D eigenvalue weighted by atomic mass is 16.4. The Morgan fingerprint density at radius 2 is 1.79 bits per heavy atom. The van der Waals surface area contributed by atoms with Crippen LogP contribution in [0.5, 0.6) is 0 Å². The molecule has 0 aliphatic heterocycles. The molecule has 5 nitrogen and oxygen atoms in total. The van der Waals surface area contributed by atoms with Gasteiger partial charge >= 0.3 is 5.97 Å². The molecule has 0 aromatic heterocycles. The minimum Gasteiger partial charge on any atom is -0.480 e. The van der Waals surface area contributed by atoms with Gasteiger partial charge in [-0.3, -0.25) is 14.5 Å². The Kier molecular flexibility index (Phi) is 8.47. The van der Waals surface area contributed by atoms with Crippen molar-refractivity contribution in [2.75, 3.05) is 19.6 Å². The van der Waals surface area contributed by atoms with E-state index < -0.39 is 12.0 Å². The van der Waals surface area contributed by atoms with Crippen molar-refractivity contribution in [3.05, 3.63) is 35.9 Å². The third-order valence-corrected chi connectivity index (χ3v) is 4.16. The number of carbonyl (C=O) groups is 2. The SMILES string of the molecule is CC(=O)NCCN(CC(CC(C)C)c1ccccc1)C(C)C(=O)O. The number of aliphatic carboxylic acids is 1. The molecule has 2 N–H and O–H groups in total. The highest BCUT2D eigenvalue weighted by Crippen LogP contribution is 2.25. The number of hydrogen-bond donors (Lipinski definition) is 2. The van der Waals surface area contributed by atoms with Gasteiger partial charge < -0.3 is 10.4 Å². The van der Waals surface area contributed by atoms with Crippen LogP contribution in [0.15, 0.2) is 30.3 Å². The molecule has 0 spiro atoms. The molecule has 1 amide bonds. The molecule has 1 aromatic rings. The molecule has 1 aromatic carbocycles. The number of carboxylic acids is 1. The van der Waals surface area contributed by atoms with Gasteiger partial charge in [-0.25, -0.2) is 0 Å². The summed E-state index contributed by atoms with van der Waals surface area (Å²) in [5.41, 5.74) is 1.23. The Labute approximate surface area is 145 Å². The second-order valence-corrected chi connectivity index (χ2v) is 6.73. The van der Waals surface area contributed by atoms with E-state index in [0.717, 1.165) is 6.42 Å². The van der Waals surface area contributed by atoms with Crippen LogP contribution < -0.4 is 5.32 Å². The normalized spacial score (nSPS) is 13.8. The Bertz CT molecular complexity index is 517. The minimum atomic E-state index is -0.839. The monoisotopic (exact) mass is 334 g/mol. The maximum Gasteiger partial charge on any atom is 0.320 e. The molecule has 5 heteroatoms. The van der Waals surface area contributed by atoms with Crippen molar-refractivity contribution in [3.63, 3.8) is 0 Å². The summed E-state index contributed by atoms with van der Waals surface area (Å²) in [5.74, 6) is -0.147. The summed E-state index contributed by atoms with van der Waals surface area (Å²) in [6, 6.07) is 9.65. The summed E-state index contributed by atoms with van der Waals surface area (Å²) >= 11 is 0. The van der Waals surface area contributed by atoms with Gasteiger partial charge in [0, 0.05) is 26.6 Å². The van der Waals surface area contributed by atoms with Crippen LogP contribution in [-0.4, -0.2) is 47.6 Å². The summed E-state index contributed by atoms with van der Waals surface area (Å²) in [5, 5.41) is 12.1. The minimum absolute atomic E-state index is 0.0975. The Hall–Kier alpha value is -1.88. The van der Waals surface area contributed by atoms with Crippen LogP contribution in [0.25, 0.3) is 0 Å². The summed E-state index contributed by atoms with van der Waals surface area (Å²) in [6.45, 7) is 9.17. The molecule has 0 aliphatic rings. The molecule has 0 fully saturated rings. The Balaban J connectivity index is 2.88. The fourth-order valence-corrected chi connectivity index (χ4v) is 2.87. The van der Waals surface area contributed by atoms with Crippen molar-refractivity contribution >= 4 is 11.9 Å². The predicted octanol–water partition coefficient (Wildman–Crippen LogP) is 2.73. The number of nitrogens with zero attached hydrogens (tertiary/aromatic N) is 1. The second-order valence-electron chi connectivity index (χ2n) is 6.73. The molecule has 2 atom stereocenters. The molecule has 134 valence electrons. The van der Waals surface area contributed by atoms with E-state index in [9.17, 15) is 14.7 Å². The van der Waals surface area contributed by atoms with E-state index in [0.29, 0.717) is 25.6 Å². The first-order chi connectivity index (χ1) is 11.3. The van der Waals surface area contributed by atoms with E-state index in [1.165, 1.54) is 12.5 Å². The number of nitrogens with one attached hydrogen (secondary N) is 1. The third kappa shape index (κ3) is 7.13. The van der Waals surface area contributed by atoms with Crippen LogP contribution in [0.2, 0.25) is 0 Å². The van der Waals surface area contributed by atoms with Gasteiger partial charge in [0.15, 0.2) is 0 Å². The van der Waals surface area contributed by atoms with Gasteiger partial charge in [-0.15, -0.1) is 0 Å². The van der Waals surface area contributed by atoms with Crippen LogP contribution in [0, 0.1) is 5.92 Å². The van der Waals surface area contributed by atoms with Crippen molar-refractivity contribution in [2.45, 2.75) is 46.1 Å². The fourth-order valence-electron chi connectivity index (χ4n) is 2.87. The van der Waals surface area contributed by atoms with Gasteiger partial charge in [0.05, 0.1) is 0 Å². The maximum absolute atomic E-state index is 11.4. The molecule has 0 aliphatic carbocycles. The molecule has 1 rings (SSSR count). The van der Waals surface area contributed by atoms with E-state index in [2.05, 4.69) is 31.3 Å². The lowest BCUT2D eigenvalue weighted by atomic mass is 9.89. The van der Waals surface area contributed by atoms with Crippen LogP contribution in [-0.2, 0) is 9.59 Å². The Morgan fingerprint density at radius 1 is 1.17 bits per heavy atom. The van der Waals surface area contributed by atoms with Crippen molar-refractivity contribution in [1.29, 1.82) is 0 Å². The maximum atomic E-state index is 11.4. The van der Waals surface area contributed by atoms with E-state index in [4.69, 9.17) is 0 Å². The topological polar surface area (TPSA) is 69.6 Å². The van der Waals surface area contributed by atoms with Crippen LogP contribution >= 0.6 is 0 Å². The van der Waals surface area contributed by atoms with Crippen molar-refractivity contribution in [1.82, 2.24) is 10.2 Å². The van der Waals surface area contributed by atoms with E-state index >= 15 is 0 Å². The van der Waals surface area contributed by atoms with Gasteiger partial charge in [-0.1, -0.05) is 44.2 Å². The lowest BCUT2D eigenvalue weighted by molar-refractivity contribution is -0.142. The van der Waals surface area contributed by atoms with Crippen LogP contribution in [0.1, 0.15) is 45.6 Å². The lowest BCUT2D eigenvalue weighted by Gasteiger charge is -2.31. The first-order valence-corrected chi connectivity index (χ1v) is 8.57. The first kappa shape index (κ1) is 20.2. The quantitative estimate of drug-likeness (QED) is 0.690. The van der Waals surface area contributed by atoms with Gasteiger partial charge in [-0.2, -0.15) is 0 Å². The van der Waals surface area contributed by atoms with Crippen molar-refractivity contribution < 1.29 is 14.7 Å². The number of carbonyl (C=O) groups excluding carboxylic acids is 1. The summed E-state index contributed by atoms with van der Waals surface area (Å²) < 4.78 is 0. The van der Waals surface area contributed by atoms with E-state index in [1.807, 2.05) is 23.1 Å². The zero-order valence-corrected chi connectivity index (χ0v) is 15.2. The predicted molar refractivity (Wildman–Crippen MR) is 96.0 cm³/mol. The lowest BCUT2D eigenvalue weighted by Crippen LogP contribution is -2.45. The summed E-state index contributed by atoms with van der Waals surface area (Å²) in [4.78, 5) is 24.5. The molecular weight excluding hydrogens is 304 g/mol. The van der Waals surface area contributed by atoms with Gasteiger partial charge in [0.1, 0.15) is 6.04 Å². The van der Waals surface area contributed by atoms with Gasteiger partial charge in [0.25, 0.3) is 0 Å². The molecule has 0 saturated heterocycles. The van der Waals surface area contributed by atoms with E-state index in [-0.39, 0.29) is 11.8 Å². The molecule has 0 radical (unpaired) electrons. The first-order valence-electron chi connectivity index (χ1n) is 8.57. The smallest absolute Gasteiger partial charge is 0.320 e. The molecule has 0 saturated carbocycles. The standard InChI is InChI=1S/C19H30N2O3/c1-14(2)12-18(17-8-6-5-7-9-17)13-21(15(3)19(23)24)11-10-20-16(4)22/h5-9,14-15,18H,10-13H2,1-4H3,(H,20,22)(H,23,24). The number of carboxylic acid groups (broad SMARTS) is 1. The third-order valence-electron chi connectivity index (χ3n) is 4.16. The number of benzene rings is 1. The molecular formula is C19H30N2O3. The van der Waals surface area contributed by atoms with Crippen molar-refractivity contribution in [3.8, 4) is 0 Å². The highest BCUT2D eigenvalue weighted by Gasteiger charge is 2.24. The molecule has 0 bridgehead atoms. The number of rotatable bonds is 10. The summed E-state index contributed by atoms with van der Waals surface area (Å²) in [6.07, 6.45) is 0.993. The van der Waals surface area contributed by atoms with Crippen LogP contribution in [0.4, 0.5) is 0 Å².